The zero-order valence-electron chi connectivity index (χ0n) is 11.5. The normalized spacial score (nSPS) is 14.5. The van der Waals surface area contributed by atoms with Crippen molar-refractivity contribution in [1.29, 1.82) is 0 Å². The van der Waals surface area contributed by atoms with Crippen LogP contribution in [-0.2, 0) is 6.42 Å². The average Bonchev–Trinajstić information content (AvgIpc) is 2.94. The van der Waals surface area contributed by atoms with Crippen molar-refractivity contribution < 1.29 is 4.74 Å². The number of halogens is 1. The summed E-state index contributed by atoms with van der Waals surface area (Å²) in [6.07, 6.45) is 2.09. The van der Waals surface area contributed by atoms with Crippen LogP contribution in [0.15, 0.2) is 42.5 Å². The molecule has 0 saturated carbocycles. The summed E-state index contributed by atoms with van der Waals surface area (Å²) < 4.78 is 6.84. The Labute approximate surface area is 133 Å². The summed E-state index contributed by atoms with van der Waals surface area (Å²) >= 11 is 2.33. The van der Waals surface area contributed by atoms with Crippen LogP contribution in [0.2, 0.25) is 0 Å². The number of benzene rings is 2. The molecule has 1 aliphatic rings. The molecule has 0 bridgehead atoms. The molecule has 3 heteroatoms. The molecule has 2 aromatic carbocycles. The average molecular weight is 379 g/mol. The SMILES string of the molecule is CCC(Nc1ccc(I)cc1)c1ccc2c(c1)CCO2. The zero-order valence-corrected chi connectivity index (χ0v) is 13.7. The number of nitrogens with one attached hydrogen (secondary N) is 1. The minimum atomic E-state index is 0.348. The fourth-order valence-electron chi connectivity index (χ4n) is 2.59. The molecule has 1 N–H and O–H groups in total. The van der Waals surface area contributed by atoms with Crippen LogP contribution in [0.4, 0.5) is 5.69 Å². The number of anilines is 1. The Hall–Kier alpha value is -1.23. The highest BCUT2D eigenvalue weighted by Crippen LogP contribution is 2.30. The molecule has 0 saturated heterocycles. The largest absolute Gasteiger partial charge is 0.493 e. The Morgan fingerprint density at radius 2 is 2.00 bits per heavy atom. The van der Waals surface area contributed by atoms with E-state index >= 15 is 0 Å². The van der Waals surface area contributed by atoms with Crippen molar-refractivity contribution in [2.45, 2.75) is 25.8 Å². The summed E-state index contributed by atoms with van der Waals surface area (Å²) in [5.41, 5.74) is 3.86. The van der Waals surface area contributed by atoms with E-state index in [2.05, 4.69) is 77.3 Å². The van der Waals surface area contributed by atoms with Crippen LogP contribution in [0.5, 0.6) is 5.75 Å². The fourth-order valence-corrected chi connectivity index (χ4v) is 2.95. The van der Waals surface area contributed by atoms with Crippen molar-refractivity contribution in [1.82, 2.24) is 0 Å². The summed E-state index contributed by atoms with van der Waals surface area (Å²) in [5.74, 6) is 1.05. The van der Waals surface area contributed by atoms with Gasteiger partial charge in [-0.15, -0.1) is 0 Å². The molecular formula is C17H18INO. The van der Waals surface area contributed by atoms with E-state index in [0.29, 0.717) is 6.04 Å². The standard InChI is InChI=1S/C17H18INO/c1-2-16(19-15-6-4-14(18)5-7-15)12-3-8-17-13(11-12)9-10-20-17/h3-8,11,16,19H,2,9-10H2,1H3. The Kier molecular flexibility index (Phi) is 4.15. The van der Waals surface area contributed by atoms with Crippen molar-refractivity contribution in [3.05, 3.63) is 57.2 Å². The molecule has 1 atom stereocenters. The molecule has 1 heterocycles. The summed E-state index contributed by atoms with van der Waals surface area (Å²) in [6, 6.07) is 15.5. The minimum Gasteiger partial charge on any atom is -0.493 e. The van der Waals surface area contributed by atoms with E-state index in [1.54, 1.807) is 0 Å². The molecule has 1 unspecified atom stereocenters. The summed E-state index contributed by atoms with van der Waals surface area (Å²) in [4.78, 5) is 0. The molecule has 3 rings (SSSR count). The molecule has 0 fully saturated rings. The fraction of sp³-hybridized carbons (Fsp3) is 0.294. The van der Waals surface area contributed by atoms with Crippen molar-refractivity contribution in [3.8, 4) is 5.75 Å². The van der Waals surface area contributed by atoms with E-state index in [-0.39, 0.29) is 0 Å². The predicted molar refractivity (Wildman–Crippen MR) is 91.5 cm³/mol. The summed E-state index contributed by atoms with van der Waals surface area (Å²) in [6.45, 7) is 3.04. The smallest absolute Gasteiger partial charge is 0.122 e. The van der Waals surface area contributed by atoms with Gasteiger partial charge in [0.05, 0.1) is 12.6 Å². The van der Waals surface area contributed by atoms with E-state index < -0.39 is 0 Å². The molecule has 0 aliphatic carbocycles. The van der Waals surface area contributed by atoms with Crippen LogP contribution in [0.1, 0.15) is 30.5 Å². The van der Waals surface area contributed by atoms with Crippen LogP contribution >= 0.6 is 22.6 Å². The molecule has 2 nitrogen and oxygen atoms in total. The van der Waals surface area contributed by atoms with Gasteiger partial charge >= 0.3 is 0 Å². The third-order valence-electron chi connectivity index (χ3n) is 3.71. The first-order valence-corrected chi connectivity index (χ1v) is 8.12. The van der Waals surface area contributed by atoms with Gasteiger partial charge < -0.3 is 10.1 Å². The topological polar surface area (TPSA) is 21.3 Å². The van der Waals surface area contributed by atoms with Gasteiger partial charge in [-0.1, -0.05) is 13.0 Å². The molecule has 2 aromatic rings. The summed E-state index contributed by atoms with van der Waals surface area (Å²) in [5, 5.41) is 3.62. The maximum atomic E-state index is 5.58. The molecule has 20 heavy (non-hydrogen) atoms. The van der Waals surface area contributed by atoms with E-state index in [9.17, 15) is 0 Å². The quantitative estimate of drug-likeness (QED) is 0.772. The van der Waals surface area contributed by atoms with Gasteiger partial charge in [-0.25, -0.2) is 0 Å². The van der Waals surface area contributed by atoms with Crippen molar-refractivity contribution >= 4 is 28.3 Å². The monoisotopic (exact) mass is 379 g/mol. The maximum absolute atomic E-state index is 5.58. The lowest BCUT2D eigenvalue weighted by Crippen LogP contribution is -2.09. The van der Waals surface area contributed by atoms with E-state index in [1.165, 1.54) is 20.4 Å². The number of rotatable bonds is 4. The molecule has 0 spiro atoms. The van der Waals surface area contributed by atoms with Gasteiger partial charge in [0.15, 0.2) is 0 Å². The molecule has 0 amide bonds. The second kappa shape index (κ2) is 6.04. The van der Waals surface area contributed by atoms with Crippen molar-refractivity contribution in [3.63, 3.8) is 0 Å². The van der Waals surface area contributed by atoms with E-state index in [1.807, 2.05) is 0 Å². The molecule has 0 aromatic heterocycles. The highest BCUT2D eigenvalue weighted by Gasteiger charge is 2.15. The van der Waals surface area contributed by atoms with Crippen LogP contribution in [-0.4, -0.2) is 6.61 Å². The second-order valence-electron chi connectivity index (χ2n) is 5.08. The van der Waals surface area contributed by atoms with Gasteiger partial charge in [0.25, 0.3) is 0 Å². The first-order valence-electron chi connectivity index (χ1n) is 7.04. The molecule has 1 aliphatic heterocycles. The number of hydrogen-bond acceptors (Lipinski definition) is 2. The third-order valence-corrected chi connectivity index (χ3v) is 4.43. The lowest BCUT2D eigenvalue weighted by Gasteiger charge is -2.19. The Morgan fingerprint density at radius 1 is 1.20 bits per heavy atom. The van der Waals surface area contributed by atoms with Crippen LogP contribution in [0.25, 0.3) is 0 Å². The lowest BCUT2D eigenvalue weighted by atomic mass is 10.0. The van der Waals surface area contributed by atoms with E-state index in [4.69, 9.17) is 4.74 Å². The number of ether oxygens (including phenoxy) is 1. The molecular weight excluding hydrogens is 361 g/mol. The van der Waals surface area contributed by atoms with Gasteiger partial charge in [-0.05, 0) is 76.5 Å². The number of hydrogen-bond donors (Lipinski definition) is 1. The Bertz CT molecular complexity index is 594. The van der Waals surface area contributed by atoms with Gasteiger partial charge in [0.1, 0.15) is 5.75 Å². The van der Waals surface area contributed by atoms with Crippen LogP contribution < -0.4 is 10.1 Å². The summed E-state index contributed by atoms with van der Waals surface area (Å²) in [7, 11) is 0. The van der Waals surface area contributed by atoms with Gasteiger partial charge in [0.2, 0.25) is 0 Å². The highest BCUT2D eigenvalue weighted by molar-refractivity contribution is 14.1. The van der Waals surface area contributed by atoms with Gasteiger partial charge in [-0.3, -0.25) is 0 Å². The Morgan fingerprint density at radius 3 is 2.75 bits per heavy atom. The number of fused-ring (bicyclic) bond motifs is 1. The van der Waals surface area contributed by atoms with Gasteiger partial charge in [0, 0.05) is 15.7 Å². The lowest BCUT2D eigenvalue weighted by molar-refractivity contribution is 0.357. The maximum Gasteiger partial charge on any atom is 0.122 e. The van der Waals surface area contributed by atoms with Crippen LogP contribution in [0.3, 0.4) is 0 Å². The first-order chi connectivity index (χ1) is 9.76. The second-order valence-corrected chi connectivity index (χ2v) is 6.32. The van der Waals surface area contributed by atoms with Crippen molar-refractivity contribution in [2.24, 2.45) is 0 Å². The Balaban J connectivity index is 1.81. The first kappa shape index (κ1) is 13.7. The van der Waals surface area contributed by atoms with Crippen molar-refractivity contribution in [2.75, 3.05) is 11.9 Å². The predicted octanol–water partition coefficient (Wildman–Crippen LogP) is 4.79. The van der Waals surface area contributed by atoms with Crippen LogP contribution in [0, 0.1) is 3.57 Å². The zero-order chi connectivity index (χ0) is 13.9. The molecule has 0 radical (unpaired) electrons. The molecule has 104 valence electrons. The third kappa shape index (κ3) is 2.92. The van der Waals surface area contributed by atoms with Gasteiger partial charge in [-0.2, -0.15) is 0 Å². The minimum absolute atomic E-state index is 0.348. The highest BCUT2D eigenvalue weighted by atomic mass is 127. The van der Waals surface area contributed by atoms with E-state index in [0.717, 1.165) is 25.2 Å².